The van der Waals surface area contributed by atoms with Crippen molar-refractivity contribution in [2.45, 2.75) is 58.9 Å². The largest absolute Gasteiger partial charge is 0.459 e. The number of nitrogens with zero attached hydrogens (tertiary/aromatic N) is 2. The highest BCUT2D eigenvalue weighted by atomic mass is 19.4. The van der Waals surface area contributed by atoms with Crippen molar-refractivity contribution in [1.29, 1.82) is 0 Å². The molecule has 1 aliphatic heterocycles. The zero-order valence-electron chi connectivity index (χ0n) is 18.5. The second-order valence-electron chi connectivity index (χ2n) is 8.22. The van der Waals surface area contributed by atoms with E-state index in [1.165, 1.54) is 6.07 Å². The first-order valence-corrected chi connectivity index (χ1v) is 10.5. The lowest BCUT2D eigenvalue weighted by molar-refractivity contribution is -0.137. The highest BCUT2D eigenvalue weighted by Crippen LogP contribution is 2.30. The molecule has 2 N–H and O–H groups in total. The first-order chi connectivity index (χ1) is 15.0. The van der Waals surface area contributed by atoms with Crippen molar-refractivity contribution >= 4 is 17.7 Å². The van der Waals surface area contributed by atoms with Gasteiger partial charge in [-0.25, -0.2) is 9.78 Å². The van der Waals surface area contributed by atoms with Crippen LogP contribution >= 0.6 is 0 Å². The number of alkyl halides is 3. The maximum Gasteiger partial charge on any atom is 0.417 e. The van der Waals surface area contributed by atoms with Gasteiger partial charge in [0, 0.05) is 31.0 Å². The Labute approximate surface area is 184 Å². The van der Waals surface area contributed by atoms with Crippen LogP contribution in [-0.2, 0) is 10.9 Å². The summed E-state index contributed by atoms with van der Waals surface area (Å²) in [7, 11) is 0. The summed E-state index contributed by atoms with van der Waals surface area (Å²) >= 11 is 0. The van der Waals surface area contributed by atoms with E-state index in [0.717, 1.165) is 12.3 Å². The molecule has 3 heterocycles. The molecule has 10 heteroatoms. The van der Waals surface area contributed by atoms with Crippen LogP contribution in [0.2, 0.25) is 0 Å². The van der Waals surface area contributed by atoms with Crippen molar-refractivity contribution in [1.82, 2.24) is 15.3 Å². The number of carbonyl (C=O) groups excluding carboxylic acids is 2. The summed E-state index contributed by atoms with van der Waals surface area (Å²) in [5.74, 6) is -0.296. The van der Waals surface area contributed by atoms with Gasteiger partial charge >= 0.3 is 12.1 Å². The molecule has 0 radical (unpaired) electrons. The van der Waals surface area contributed by atoms with Gasteiger partial charge in [0.25, 0.3) is 5.91 Å². The predicted octanol–water partition coefficient (Wildman–Crippen LogP) is 4.01. The number of ether oxygens (including phenoxy) is 1. The van der Waals surface area contributed by atoms with Gasteiger partial charge in [-0.15, -0.1) is 0 Å². The quantitative estimate of drug-likeness (QED) is 0.670. The average molecular weight is 452 g/mol. The van der Waals surface area contributed by atoms with E-state index in [4.69, 9.17) is 4.74 Å². The Hall–Kier alpha value is -3.04. The zero-order valence-corrected chi connectivity index (χ0v) is 18.5. The molecular formula is C22H27F3N4O3. The van der Waals surface area contributed by atoms with Gasteiger partial charge in [-0.3, -0.25) is 4.79 Å². The monoisotopic (exact) mass is 452 g/mol. The first kappa shape index (κ1) is 23.6. The summed E-state index contributed by atoms with van der Waals surface area (Å²) in [6.45, 7) is 8.05. The summed E-state index contributed by atoms with van der Waals surface area (Å²) in [6.07, 6.45) is -2.60. The van der Waals surface area contributed by atoms with Crippen molar-refractivity contribution < 1.29 is 27.5 Å². The SMILES string of the molecule is Cc1[nH]c(C(=O)NC2CCN(c3ccc(C(F)(F)F)cn3)CC2)c(C)c1C(=O)OC(C)C. The van der Waals surface area contributed by atoms with E-state index in [0.29, 0.717) is 54.3 Å². The Balaban J connectivity index is 1.60. The fourth-order valence-corrected chi connectivity index (χ4v) is 3.81. The molecule has 32 heavy (non-hydrogen) atoms. The predicted molar refractivity (Wildman–Crippen MR) is 113 cm³/mol. The number of rotatable bonds is 5. The Bertz CT molecular complexity index is 976. The molecule has 0 bridgehead atoms. The number of nitrogens with one attached hydrogen (secondary N) is 2. The van der Waals surface area contributed by atoms with Gasteiger partial charge in [-0.2, -0.15) is 13.2 Å². The van der Waals surface area contributed by atoms with E-state index >= 15 is 0 Å². The number of H-pyrrole nitrogens is 1. The molecule has 3 rings (SSSR count). The molecule has 174 valence electrons. The van der Waals surface area contributed by atoms with Gasteiger partial charge in [0.05, 0.1) is 17.2 Å². The minimum Gasteiger partial charge on any atom is -0.459 e. The fourth-order valence-electron chi connectivity index (χ4n) is 3.81. The molecule has 2 aromatic heterocycles. The number of aryl methyl sites for hydroxylation is 1. The van der Waals surface area contributed by atoms with Crippen LogP contribution in [0.15, 0.2) is 18.3 Å². The number of pyridine rings is 1. The molecule has 0 saturated carbocycles. The van der Waals surface area contributed by atoms with Crippen molar-refractivity contribution in [2.24, 2.45) is 0 Å². The average Bonchev–Trinajstić information content (AvgIpc) is 3.02. The van der Waals surface area contributed by atoms with E-state index in [-0.39, 0.29) is 18.1 Å². The van der Waals surface area contributed by atoms with Gasteiger partial charge in [0.15, 0.2) is 0 Å². The molecular weight excluding hydrogens is 425 g/mol. The molecule has 1 amide bonds. The number of hydrogen-bond donors (Lipinski definition) is 2. The Morgan fingerprint density at radius 1 is 1.22 bits per heavy atom. The number of anilines is 1. The molecule has 1 fully saturated rings. The molecule has 1 saturated heterocycles. The second-order valence-corrected chi connectivity index (χ2v) is 8.22. The number of amides is 1. The summed E-state index contributed by atoms with van der Waals surface area (Å²) in [5, 5.41) is 2.98. The highest BCUT2D eigenvalue weighted by Gasteiger charge is 2.31. The van der Waals surface area contributed by atoms with Crippen LogP contribution in [0.25, 0.3) is 0 Å². The Morgan fingerprint density at radius 2 is 1.88 bits per heavy atom. The minimum atomic E-state index is -4.41. The standard InChI is InChI=1S/C22H27F3N4O3/c1-12(2)32-21(31)18-13(3)19(27-14(18)4)20(30)28-16-7-9-29(10-8-16)17-6-5-15(11-26-17)22(23,24)25/h5-6,11-12,16,27H,7-10H2,1-4H3,(H,28,30). The summed E-state index contributed by atoms with van der Waals surface area (Å²) < 4.78 is 43.4. The first-order valence-electron chi connectivity index (χ1n) is 10.5. The second kappa shape index (κ2) is 9.22. The summed E-state index contributed by atoms with van der Waals surface area (Å²) in [5.41, 5.74) is 1.02. The van der Waals surface area contributed by atoms with Gasteiger partial charge in [0.2, 0.25) is 0 Å². The van der Waals surface area contributed by atoms with Crippen molar-refractivity contribution in [3.8, 4) is 0 Å². The lowest BCUT2D eigenvalue weighted by Gasteiger charge is -2.33. The topological polar surface area (TPSA) is 87.3 Å². The molecule has 2 aromatic rings. The molecule has 1 aliphatic rings. The van der Waals surface area contributed by atoms with E-state index in [9.17, 15) is 22.8 Å². The smallest absolute Gasteiger partial charge is 0.417 e. The van der Waals surface area contributed by atoms with E-state index < -0.39 is 17.7 Å². The zero-order chi connectivity index (χ0) is 23.6. The summed E-state index contributed by atoms with van der Waals surface area (Å²) in [4.78, 5) is 33.9. The van der Waals surface area contributed by atoms with E-state index in [1.807, 2.05) is 4.90 Å². The number of piperidine rings is 1. The van der Waals surface area contributed by atoms with Gasteiger partial charge in [-0.1, -0.05) is 0 Å². The number of aromatic amines is 1. The van der Waals surface area contributed by atoms with Gasteiger partial charge < -0.3 is 19.9 Å². The van der Waals surface area contributed by atoms with Crippen LogP contribution in [0.3, 0.4) is 0 Å². The van der Waals surface area contributed by atoms with Crippen LogP contribution in [0.1, 0.15) is 64.4 Å². The van der Waals surface area contributed by atoms with Gasteiger partial charge in [0.1, 0.15) is 11.5 Å². The Kier molecular flexibility index (Phi) is 6.80. The number of aromatic nitrogens is 2. The number of hydrogen-bond acceptors (Lipinski definition) is 5. The van der Waals surface area contributed by atoms with Crippen molar-refractivity contribution in [2.75, 3.05) is 18.0 Å². The highest BCUT2D eigenvalue weighted by molar-refractivity contribution is 6.00. The van der Waals surface area contributed by atoms with E-state index in [2.05, 4.69) is 15.3 Å². The van der Waals surface area contributed by atoms with Crippen LogP contribution in [0, 0.1) is 13.8 Å². The molecule has 0 aliphatic carbocycles. The molecule has 0 unspecified atom stereocenters. The normalized spacial score (nSPS) is 15.2. The number of carbonyl (C=O) groups is 2. The third-order valence-electron chi connectivity index (χ3n) is 5.44. The van der Waals surface area contributed by atoms with Crippen molar-refractivity contribution in [3.05, 3.63) is 46.4 Å². The molecule has 0 aromatic carbocycles. The maximum absolute atomic E-state index is 12.8. The molecule has 0 spiro atoms. The number of halogens is 3. The lowest BCUT2D eigenvalue weighted by Crippen LogP contribution is -2.45. The van der Waals surface area contributed by atoms with Crippen LogP contribution in [-0.4, -0.2) is 47.1 Å². The van der Waals surface area contributed by atoms with Crippen LogP contribution in [0.5, 0.6) is 0 Å². The third kappa shape index (κ3) is 5.23. The fraction of sp³-hybridized carbons (Fsp3) is 0.500. The van der Waals surface area contributed by atoms with Crippen LogP contribution < -0.4 is 10.2 Å². The maximum atomic E-state index is 12.8. The van der Waals surface area contributed by atoms with Crippen LogP contribution in [0.4, 0.5) is 19.0 Å². The molecule has 7 nitrogen and oxygen atoms in total. The van der Waals surface area contributed by atoms with E-state index in [1.54, 1.807) is 27.7 Å². The van der Waals surface area contributed by atoms with Gasteiger partial charge in [-0.05, 0) is 58.2 Å². The van der Waals surface area contributed by atoms with Crippen molar-refractivity contribution in [3.63, 3.8) is 0 Å². The minimum absolute atomic E-state index is 0.0951. The lowest BCUT2D eigenvalue weighted by atomic mass is 10.0. The number of esters is 1. The molecule has 0 atom stereocenters. The summed E-state index contributed by atoms with van der Waals surface area (Å²) in [6, 6.07) is 2.29. The Morgan fingerprint density at radius 3 is 2.41 bits per heavy atom. The third-order valence-corrected chi connectivity index (χ3v) is 5.44.